The summed E-state index contributed by atoms with van der Waals surface area (Å²) in [7, 11) is 2.02. The smallest absolute Gasteiger partial charge is 0.411 e. The number of likely N-dealkylation sites (N-methyl/N-ethyl adjacent to an activating group) is 1. The molecule has 36 heavy (non-hydrogen) atoms. The Hall–Kier alpha value is -4.24. The van der Waals surface area contributed by atoms with Gasteiger partial charge in [0.2, 0.25) is 0 Å². The lowest BCUT2D eigenvalue weighted by Gasteiger charge is -2.32. The van der Waals surface area contributed by atoms with E-state index < -0.39 is 6.09 Å². The number of allylic oxidation sites excluding steroid dienone is 1. The Bertz CT molecular complexity index is 1250. The second-order valence-electron chi connectivity index (χ2n) is 8.49. The van der Waals surface area contributed by atoms with Crippen LogP contribution >= 0.6 is 0 Å². The van der Waals surface area contributed by atoms with E-state index in [1.165, 1.54) is 6.08 Å². The number of hydrogen-bond donors (Lipinski definition) is 2. The number of para-hydroxylation sites is 1. The fourth-order valence-corrected chi connectivity index (χ4v) is 3.73. The number of nitrogens with zero attached hydrogens (tertiary/aromatic N) is 3. The van der Waals surface area contributed by atoms with Crippen LogP contribution in [0.25, 0.3) is 17.0 Å². The van der Waals surface area contributed by atoms with Crippen LogP contribution in [0.5, 0.6) is 0 Å². The van der Waals surface area contributed by atoms with E-state index in [0.29, 0.717) is 30.0 Å². The summed E-state index contributed by atoms with van der Waals surface area (Å²) in [5.41, 5.74) is 2.55. The number of nitrogens with one attached hydrogen (secondary N) is 2. The first-order valence-corrected chi connectivity index (χ1v) is 11.8. The fourth-order valence-electron chi connectivity index (χ4n) is 3.73. The predicted octanol–water partition coefficient (Wildman–Crippen LogP) is 3.64. The molecule has 3 aromatic rings. The Balaban J connectivity index is 1.19. The van der Waals surface area contributed by atoms with Crippen LogP contribution in [-0.2, 0) is 4.74 Å². The van der Waals surface area contributed by atoms with Crippen molar-refractivity contribution in [2.24, 2.45) is 0 Å². The SMILES string of the molecule is CN1CCN(C(=O)NCCOC(=O)Nc2ccc(C(=O)/C=C/c3ccc4ccccc4n3)cc2)CC1. The number of amides is 3. The van der Waals surface area contributed by atoms with E-state index in [2.05, 4.69) is 20.5 Å². The van der Waals surface area contributed by atoms with Gasteiger partial charge in [-0.1, -0.05) is 24.3 Å². The summed E-state index contributed by atoms with van der Waals surface area (Å²) in [6.07, 6.45) is 2.52. The van der Waals surface area contributed by atoms with Gasteiger partial charge >= 0.3 is 12.1 Å². The maximum absolute atomic E-state index is 12.5. The molecule has 2 heterocycles. The summed E-state index contributed by atoms with van der Waals surface area (Å²) in [5, 5.41) is 6.40. The number of ketones is 1. The van der Waals surface area contributed by atoms with Gasteiger partial charge in [0.1, 0.15) is 6.61 Å². The standard InChI is InChI=1S/C27H29N5O4/c1-31-15-17-32(18-16-31)26(34)28-14-19-36-27(35)30-23-10-7-21(8-11-23)25(33)13-12-22-9-6-20-4-2-3-5-24(20)29-22/h2-13H,14-19H2,1H3,(H,28,34)(H,30,35)/b13-12+. The highest BCUT2D eigenvalue weighted by Gasteiger charge is 2.18. The summed E-state index contributed by atoms with van der Waals surface area (Å²) in [5.74, 6) is -0.171. The number of anilines is 1. The first-order chi connectivity index (χ1) is 17.5. The van der Waals surface area contributed by atoms with E-state index in [1.54, 1.807) is 35.2 Å². The molecule has 0 saturated carbocycles. The molecule has 1 saturated heterocycles. The maximum Gasteiger partial charge on any atom is 0.411 e. The largest absolute Gasteiger partial charge is 0.447 e. The monoisotopic (exact) mass is 487 g/mol. The molecule has 0 unspecified atom stereocenters. The molecular weight excluding hydrogens is 458 g/mol. The number of hydrogen-bond acceptors (Lipinski definition) is 6. The van der Waals surface area contributed by atoms with Gasteiger partial charge in [-0.2, -0.15) is 0 Å². The highest BCUT2D eigenvalue weighted by molar-refractivity contribution is 6.07. The van der Waals surface area contributed by atoms with Crippen molar-refractivity contribution in [2.45, 2.75) is 0 Å². The number of benzene rings is 2. The molecule has 0 atom stereocenters. The summed E-state index contributed by atoms with van der Waals surface area (Å²) >= 11 is 0. The first-order valence-electron chi connectivity index (χ1n) is 11.8. The summed E-state index contributed by atoms with van der Waals surface area (Å²) < 4.78 is 5.12. The van der Waals surface area contributed by atoms with Gasteiger partial charge in [-0.25, -0.2) is 14.6 Å². The van der Waals surface area contributed by atoms with Gasteiger partial charge in [0, 0.05) is 42.8 Å². The lowest BCUT2D eigenvalue weighted by atomic mass is 10.1. The Morgan fingerprint density at radius 2 is 1.72 bits per heavy atom. The average Bonchev–Trinajstić information content (AvgIpc) is 2.90. The molecule has 1 aliphatic heterocycles. The van der Waals surface area contributed by atoms with Crippen molar-refractivity contribution in [1.29, 1.82) is 0 Å². The third kappa shape index (κ3) is 6.89. The molecule has 1 aromatic heterocycles. The molecule has 0 spiro atoms. The summed E-state index contributed by atoms with van der Waals surface area (Å²) in [4.78, 5) is 45.1. The minimum Gasteiger partial charge on any atom is -0.447 e. The highest BCUT2D eigenvalue weighted by atomic mass is 16.5. The fraction of sp³-hybridized carbons (Fsp3) is 0.259. The van der Waals surface area contributed by atoms with Crippen LogP contribution < -0.4 is 10.6 Å². The summed E-state index contributed by atoms with van der Waals surface area (Å²) in [6.45, 7) is 3.32. The van der Waals surface area contributed by atoms with Crippen LogP contribution in [0, 0.1) is 0 Å². The third-order valence-corrected chi connectivity index (χ3v) is 5.84. The number of ether oxygens (including phenoxy) is 1. The molecule has 0 aliphatic carbocycles. The van der Waals surface area contributed by atoms with Gasteiger partial charge in [0.15, 0.2) is 5.78 Å². The van der Waals surface area contributed by atoms with Gasteiger partial charge in [-0.15, -0.1) is 0 Å². The quantitative estimate of drug-likeness (QED) is 0.300. The molecule has 186 valence electrons. The van der Waals surface area contributed by atoms with Crippen LogP contribution in [-0.4, -0.2) is 79.1 Å². The van der Waals surface area contributed by atoms with Crippen molar-refractivity contribution in [2.75, 3.05) is 51.7 Å². The number of pyridine rings is 1. The van der Waals surface area contributed by atoms with Crippen molar-refractivity contribution >= 4 is 40.6 Å². The lowest BCUT2D eigenvalue weighted by Crippen LogP contribution is -2.51. The van der Waals surface area contributed by atoms with Crippen LogP contribution in [0.4, 0.5) is 15.3 Å². The molecule has 9 heteroatoms. The summed E-state index contributed by atoms with van der Waals surface area (Å²) in [6, 6.07) is 18.0. The molecule has 0 radical (unpaired) electrons. The minimum absolute atomic E-state index is 0.0511. The van der Waals surface area contributed by atoms with E-state index in [-0.39, 0.29) is 25.0 Å². The van der Waals surface area contributed by atoms with Gasteiger partial charge in [0.05, 0.1) is 17.8 Å². The highest BCUT2D eigenvalue weighted by Crippen LogP contribution is 2.14. The normalized spacial score (nSPS) is 14.1. The zero-order valence-electron chi connectivity index (χ0n) is 20.1. The van der Waals surface area contributed by atoms with E-state index in [9.17, 15) is 14.4 Å². The van der Waals surface area contributed by atoms with Gasteiger partial charge in [0.25, 0.3) is 0 Å². The minimum atomic E-state index is -0.634. The van der Waals surface area contributed by atoms with Gasteiger partial charge < -0.3 is 19.9 Å². The number of piperazine rings is 1. The molecule has 4 rings (SSSR count). The third-order valence-electron chi connectivity index (χ3n) is 5.84. The molecule has 0 bridgehead atoms. The lowest BCUT2D eigenvalue weighted by molar-refractivity contribution is 0.104. The average molecular weight is 488 g/mol. The van der Waals surface area contributed by atoms with Crippen molar-refractivity contribution in [3.05, 3.63) is 78.0 Å². The number of rotatable bonds is 7. The second kappa shape index (κ2) is 11.9. The zero-order valence-corrected chi connectivity index (χ0v) is 20.1. The Morgan fingerprint density at radius 1 is 0.972 bits per heavy atom. The van der Waals surface area contributed by atoms with Crippen molar-refractivity contribution < 1.29 is 19.1 Å². The molecule has 2 N–H and O–H groups in total. The van der Waals surface area contributed by atoms with Crippen molar-refractivity contribution in [1.82, 2.24) is 20.1 Å². The molecule has 9 nitrogen and oxygen atoms in total. The molecule has 1 aliphatic rings. The van der Waals surface area contributed by atoms with Crippen LogP contribution in [0.15, 0.2) is 66.7 Å². The van der Waals surface area contributed by atoms with E-state index in [1.807, 2.05) is 43.4 Å². The van der Waals surface area contributed by atoms with Crippen LogP contribution in [0.1, 0.15) is 16.1 Å². The van der Waals surface area contributed by atoms with Crippen LogP contribution in [0.3, 0.4) is 0 Å². The Morgan fingerprint density at radius 3 is 2.50 bits per heavy atom. The van der Waals surface area contributed by atoms with Gasteiger partial charge in [-0.3, -0.25) is 10.1 Å². The molecule has 3 amide bonds. The van der Waals surface area contributed by atoms with Crippen molar-refractivity contribution in [3.8, 4) is 0 Å². The number of carbonyl (C=O) groups is 3. The van der Waals surface area contributed by atoms with E-state index >= 15 is 0 Å². The first kappa shape index (κ1) is 24.9. The Labute approximate surface area is 209 Å². The van der Waals surface area contributed by atoms with Crippen molar-refractivity contribution in [3.63, 3.8) is 0 Å². The maximum atomic E-state index is 12.5. The topological polar surface area (TPSA) is 104 Å². The zero-order chi connectivity index (χ0) is 25.3. The van der Waals surface area contributed by atoms with E-state index in [4.69, 9.17) is 4.74 Å². The predicted molar refractivity (Wildman–Crippen MR) is 139 cm³/mol. The molecular formula is C27H29N5O4. The van der Waals surface area contributed by atoms with Crippen LogP contribution in [0.2, 0.25) is 0 Å². The number of fused-ring (bicyclic) bond motifs is 1. The van der Waals surface area contributed by atoms with Gasteiger partial charge in [-0.05, 0) is 55.6 Å². The Kier molecular flexibility index (Phi) is 8.25. The molecule has 1 fully saturated rings. The number of urea groups is 1. The number of carbonyl (C=O) groups excluding carboxylic acids is 3. The number of aromatic nitrogens is 1. The van der Waals surface area contributed by atoms with E-state index in [0.717, 1.165) is 24.0 Å². The molecule has 2 aromatic carbocycles. The second-order valence-corrected chi connectivity index (χ2v) is 8.49.